The second-order valence-corrected chi connectivity index (χ2v) is 6.95. The Labute approximate surface area is 165 Å². The third-order valence-electron chi connectivity index (χ3n) is 4.63. The molecule has 1 atom stereocenters. The van der Waals surface area contributed by atoms with Crippen molar-refractivity contribution >= 4 is 34.9 Å². The average molecular weight is 399 g/mol. The van der Waals surface area contributed by atoms with Crippen LogP contribution in [0, 0.1) is 12.7 Å². The Morgan fingerprint density at radius 1 is 1.25 bits per heavy atom. The smallest absolute Gasteiger partial charge is 0.249 e. The summed E-state index contributed by atoms with van der Waals surface area (Å²) in [6.07, 6.45) is -0.0888. The van der Waals surface area contributed by atoms with E-state index in [1.807, 2.05) is 19.1 Å². The van der Waals surface area contributed by atoms with Crippen LogP contribution in [0.3, 0.4) is 0 Å². The highest BCUT2D eigenvalue weighted by Crippen LogP contribution is 2.34. The summed E-state index contributed by atoms with van der Waals surface area (Å²) in [6, 6.07) is 12.1. The van der Waals surface area contributed by atoms with Crippen LogP contribution in [-0.4, -0.2) is 21.6 Å². The average Bonchev–Trinajstić information content (AvgIpc) is 3.00. The monoisotopic (exact) mass is 398 g/mol. The number of amides is 2. The number of hydrogen-bond acceptors (Lipinski definition) is 3. The van der Waals surface area contributed by atoms with Crippen LogP contribution < -0.4 is 10.6 Å². The second kappa shape index (κ2) is 7.09. The van der Waals surface area contributed by atoms with Gasteiger partial charge in [0.15, 0.2) is 0 Å². The Morgan fingerprint density at radius 2 is 1.96 bits per heavy atom. The van der Waals surface area contributed by atoms with E-state index >= 15 is 0 Å². The van der Waals surface area contributed by atoms with Crippen LogP contribution in [0.4, 0.5) is 15.9 Å². The molecule has 2 aromatic carbocycles. The van der Waals surface area contributed by atoms with Crippen molar-refractivity contribution in [1.82, 2.24) is 9.78 Å². The predicted octanol–water partition coefficient (Wildman–Crippen LogP) is 4.17. The molecule has 3 aromatic rings. The minimum absolute atomic E-state index is 0.0573. The van der Waals surface area contributed by atoms with Crippen LogP contribution >= 0.6 is 11.6 Å². The molecule has 0 bridgehead atoms. The van der Waals surface area contributed by atoms with Gasteiger partial charge in [-0.2, -0.15) is 5.10 Å². The Bertz CT molecular complexity index is 1080. The van der Waals surface area contributed by atoms with E-state index in [0.717, 1.165) is 11.1 Å². The predicted molar refractivity (Wildman–Crippen MR) is 105 cm³/mol. The lowest BCUT2D eigenvalue weighted by molar-refractivity contribution is -0.125. The molecular formula is C20H16ClFN4O2. The molecule has 142 valence electrons. The molecule has 1 aliphatic rings. The fourth-order valence-electron chi connectivity index (χ4n) is 3.20. The van der Waals surface area contributed by atoms with Gasteiger partial charge in [-0.3, -0.25) is 9.59 Å². The van der Waals surface area contributed by atoms with E-state index in [9.17, 15) is 14.0 Å². The number of benzene rings is 2. The molecule has 8 heteroatoms. The molecule has 2 heterocycles. The lowest BCUT2D eigenvalue weighted by Crippen LogP contribution is -2.36. The summed E-state index contributed by atoms with van der Waals surface area (Å²) in [4.78, 5) is 25.0. The van der Waals surface area contributed by atoms with Gasteiger partial charge in [-0.15, -0.1) is 0 Å². The number of anilines is 2. The van der Waals surface area contributed by atoms with Crippen molar-refractivity contribution in [3.05, 3.63) is 64.9 Å². The van der Waals surface area contributed by atoms with E-state index in [0.29, 0.717) is 16.5 Å². The number of rotatable bonds is 3. The molecule has 2 amide bonds. The fourth-order valence-corrected chi connectivity index (χ4v) is 3.33. The van der Waals surface area contributed by atoms with Crippen molar-refractivity contribution in [2.75, 3.05) is 10.6 Å². The molecule has 0 fully saturated rings. The summed E-state index contributed by atoms with van der Waals surface area (Å²) in [6.45, 7) is 1.82. The fraction of sp³-hybridized carbons (Fsp3) is 0.150. The zero-order valence-electron chi connectivity index (χ0n) is 14.9. The summed E-state index contributed by atoms with van der Waals surface area (Å²) < 4.78 is 15.4. The summed E-state index contributed by atoms with van der Waals surface area (Å²) in [7, 11) is 0. The summed E-state index contributed by atoms with van der Waals surface area (Å²) in [5.74, 6) is -0.900. The molecule has 0 saturated heterocycles. The molecule has 0 radical (unpaired) electrons. The lowest BCUT2D eigenvalue weighted by atomic mass is 10.1. The highest BCUT2D eigenvalue weighted by atomic mass is 35.5. The zero-order chi connectivity index (χ0) is 19.8. The van der Waals surface area contributed by atoms with Crippen molar-refractivity contribution in [3.63, 3.8) is 0 Å². The third-order valence-corrected chi connectivity index (χ3v) is 4.88. The molecule has 0 saturated carbocycles. The van der Waals surface area contributed by atoms with Gasteiger partial charge in [0.25, 0.3) is 0 Å². The molecular weight excluding hydrogens is 383 g/mol. The molecule has 6 nitrogen and oxygen atoms in total. The van der Waals surface area contributed by atoms with Gasteiger partial charge in [-0.25, -0.2) is 9.07 Å². The van der Waals surface area contributed by atoms with E-state index in [1.165, 1.54) is 22.9 Å². The number of nitrogens with one attached hydrogen (secondary N) is 2. The van der Waals surface area contributed by atoms with Gasteiger partial charge in [-0.1, -0.05) is 35.9 Å². The minimum atomic E-state index is -0.886. The lowest BCUT2D eigenvalue weighted by Gasteiger charge is -2.24. The molecule has 28 heavy (non-hydrogen) atoms. The van der Waals surface area contributed by atoms with Crippen LogP contribution in [0.2, 0.25) is 5.02 Å². The van der Waals surface area contributed by atoms with Gasteiger partial charge < -0.3 is 10.6 Å². The van der Waals surface area contributed by atoms with Crippen molar-refractivity contribution in [1.29, 1.82) is 0 Å². The number of halogens is 2. The van der Waals surface area contributed by atoms with Crippen molar-refractivity contribution in [2.24, 2.45) is 0 Å². The van der Waals surface area contributed by atoms with Gasteiger partial charge in [0.05, 0.1) is 17.8 Å². The highest BCUT2D eigenvalue weighted by molar-refractivity contribution is 6.30. The maximum atomic E-state index is 13.9. The molecule has 0 aliphatic carbocycles. The number of carbonyl (C=O) groups is 2. The van der Waals surface area contributed by atoms with E-state index in [4.69, 9.17) is 11.6 Å². The highest BCUT2D eigenvalue weighted by Gasteiger charge is 2.34. The van der Waals surface area contributed by atoms with Crippen LogP contribution in [0.15, 0.2) is 48.5 Å². The molecule has 1 aromatic heterocycles. The van der Waals surface area contributed by atoms with Gasteiger partial charge in [0.1, 0.15) is 17.7 Å². The van der Waals surface area contributed by atoms with E-state index in [1.54, 1.807) is 18.2 Å². The SMILES string of the molecule is Cc1c(-c2ccc(Cl)cc2)nn2c1NC(=O)C[C@H]2C(=O)Nc1ccccc1F. The van der Waals surface area contributed by atoms with Crippen LogP contribution in [0.1, 0.15) is 18.0 Å². The number of nitrogens with zero attached hydrogens (tertiary/aromatic N) is 2. The van der Waals surface area contributed by atoms with Gasteiger partial charge in [0, 0.05) is 16.1 Å². The summed E-state index contributed by atoms with van der Waals surface area (Å²) in [5.41, 5.74) is 2.24. The first-order valence-electron chi connectivity index (χ1n) is 8.64. The van der Waals surface area contributed by atoms with Crippen LogP contribution in [0.25, 0.3) is 11.3 Å². The maximum Gasteiger partial charge on any atom is 0.249 e. The molecule has 4 rings (SSSR count). The number of carbonyl (C=O) groups excluding carboxylic acids is 2. The van der Waals surface area contributed by atoms with Gasteiger partial charge in [0.2, 0.25) is 11.8 Å². The quantitative estimate of drug-likeness (QED) is 0.695. The Balaban J connectivity index is 1.71. The van der Waals surface area contributed by atoms with Crippen molar-refractivity contribution in [2.45, 2.75) is 19.4 Å². The van der Waals surface area contributed by atoms with Crippen LogP contribution in [0.5, 0.6) is 0 Å². The van der Waals surface area contributed by atoms with Crippen molar-refractivity contribution in [3.8, 4) is 11.3 Å². The minimum Gasteiger partial charge on any atom is -0.322 e. The third kappa shape index (κ3) is 3.25. The molecule has 0 spiro atoms. The van der Waals surface area contributed by atoms with Gasteiger partial charge in [-0.05, 0) is 31.2 Å². The van der Waals surface area contributed by atoms with Crippen LogP contribution in [-0.2, 0) is 9.59 Å². The van der Waals surface area contributed by atoms with Crippen molar-refractivity contribution < 1.29 is 14.0 Å². The number of hydrogen-bond donors (Lipinski definition) is 2. The molecule has 1 aliphatic heterocycles. The summed E-state index contributed by atoms with van der Waals surface area (Å²) in [5, 5.41) is 10.5. The Morgan fingerprint density at radius 3 is 2.68 bits per heavy atom. The molecule has 0 unspecified atom stereocenters. The normalized spacial score (nSPS) is 15.7. The number of aromatic nitrogens is 2. The van der Waals surface area contributed by atoms with E-state index < -0.39 is 17.8 Å². The number of fused-ring (bicyclic) bond motifs is 1. The summed E-state index contributed by atoms with van der Waals surface area (Å²) >= 11 is 5.95. The van der Waals surface area contributed by atoms with E-state index in [2.05, 4.69) is 15.7 Å². The Kier molecular flexibility index (Phi) is 4.60. The second-order valence-electron chi connectivity index (χ2n) is 6.51. The first-order chi connectivity index (χ1) is 13.4. The Hall–Kier alpha value is -3.19. The maximum absolute atomic E-state index is 13.9. The topological polar surface area (TPSA) is 76.0 Å². The molecule has 2 N–H and O–H groups in total. The zero-order valence-corrected chi connectivity index (χ0v) is 15.6. The van der Waals surface area contributed by atoms with Gasteiger partial charge >= 0.3 is 0 Å². The standard InChI is InChI=1S/C20H16ClFN4O2/c1-11-18(12-6-8-13(21)9-7-12)25-26-16(10-17(27)24-19(11)26)20(28)23-15-5-3-2-4-14(15)22/h2-9,16H,10H2,1H3,(H,23,28)(H,24,27)/t16-/m0/s1. The van der Waals surface area contributed by atoms with E-state index in [-0.39, 0.29) is 18.0 Å². The first kappa shape index (κ1) is 18.2. The number of para-hydroxylation sites is 1. The first-order valence-corrected chi connectivity index (χ1v) is 9.02. The largest absolute Gasteiger partial charge is 0.322 e.